The van der Waals surface area contributed by atoms with Crippen LogP contribution in [0.5, 0.6) is 0 Å². The molecular formula is C20H23ClN4O4S. The summed E-state index contributed by atoms with van der Waals surface area (Å²) in [5, 5.41) is 12.4. The normalized spacial score (nSPS) is 18.0. The third-order valence-corrected chi connectivity index (χ3v) is 6.43. The zero-order valence-corrected chi connectivity index (χ0v) is 18.0. The second kappa shape index (κ2) is 9.38. The van der Waals surface area contributed by atoms with E-state index >= 15 is 0 Å². The minimum atomic E-state index is -0.467. The highest BCUT2D eigenvalue weighted by atomic mass is 35.5. The van der Waals surface area contributed by atoms with Gasteiger partial charge in [-0.05, 0) is 24.6 Å². The number of anilines is 1. The molecule has 30 heavy (non-hydrogen) atoms. The van der Waals surface area contributed by atoms with Crippen LogP contribution in [0.3, 0.4) is 0 Å². The van der Waals surface area contributed by atoms with Crippen molar-refractivity contribution in [3.05, 3.63) is 39.3 Å². The number of aryl methyl sites for hydroxylation is 1. The standard InChI is InChI=1S/C20H23ClN4O4S/c21-14-3-1-4-15(13-14)22-18(27)19-24-23-16(30-19)5-2-6-17(26)25-9-7-20(8-10-25)28-11-12-29-20/h1,3-4,13H,2,5-12H2,(H,22,27). The van der Waals surface area contributed by atoms with E-state index in [9.17, 15) is 9.59 Å². The largest absolute Gasteiger partial charge is 0.347 e. The van der Waals surface area contributed by atoms with Gasteiger partial charge in [-0.2, -0.15) is 0 Å². The van der Waals surface area contributed by atoms with Crippen LogP contribution in [0.2, 0.25) is 5.02 Å². The van der Waals surface area contributed by atoms with Gasteiger partial charge in [-0.25, -0.2) is 0 Å². The van der Waals surface area contributed by atoms with Crippen molar-refractivity contribution in [3.63, 3.8) is 0 Å². The number of amides is 2. The van der Waals surface area contributed by atoms with Gasteiger partial charge >= 0.3 is 0 Å². The highest BCUT2D eigenvalue weighted by Crippen LogP contribution is 2.31. The molecule has 2 aromatic rings. The lowest BCUT2D eigenvalue weighted by molar-refractivity contribution is -0.187. The minimum absolute atomic E-state index is 0.131. The number of ether oxygens (including phenoxy) is 2. The number of carbonyl (C=O) groups is 2. The molecule has 1 aromatic heterocycles. The number of hydrogen-bond donors (Lipinski definition) is 1. The van der Waals surface area contributed by atoms with E-state index in [-0.39, 0.29) is 16.8 Å². The van der Waals surface area contributed by atoms with Crippen LogP contribution in [-0.2, 0) is 20.7 Å². The van der Waals surface area contributed by atoms with Crippen molar-refractivity contribution in [1.82, 2.24) is 15.1 Å². The minimum Gasteiger partial charge on any atom is -0.347 e. The van der Waals surface area contributed by atoms with E-state index in [1.165, 1.54) is 11.3 Å². The lowest BCUT2D eigenvalue weighted by Gasteiger charge is -2.37. The van der Waals surface area contributed by atoms with E-state index in [4.69, 9.17) is 21.1 Å². The first kappa shape index (κ1) is 21.2. The smallest absolute Gasteiger partial charge is 0.286 e. The fourth-order valence-corrected chi connectivity index (χ4v) is 4.60. The molecule has 4 rings (SSSR count). The zero-order valence-electron chi connectivity index (χ0n) is 16.4. The Labute approximate surface area is 183 Å². The number of piperidine rings is 1. The summed E-state index contributed by atoms with van der Waals surface area (Å²) in [5.41, 5.74) is 0.603. The van der Waals surface area contributed by atoms with Gasteiger partial charge in [0.1, 0.15) is 5.01 Å². The summed E-state index contributed by atoms with van der Waals surface area (Å²) < 4.78 is 11.4. The van der Waals surface area contributed by atoms with E-state index in [0.29, 0.717) is 56.3 Å². The van der Waals surface area contributed by atoms with E-state index in [2.05, 4.69) is 15.5 Å². The SMILES string of the molecule is O=C(Nc1cccc(Cl)c1)c1nnc(CCCC(=O)N2CCC3(CC2)OCCO3)s1. The van der Waals surface area contributed by atoms with Crippen LogP contribution < -0.4 is 5.32 Å². The molecule has 2 saturated heterocycles. The molecule has 0 saturated carbocycles. The molecule has 2 fully saturated rings. The van der Waals surface area contributed by atoms with Crippen LogP contribution in [0.15, 0.2) is 24.3 Å². The summed E-state index contributed by atoms with van der Waals surface area (Å²) in [7, 11) is 0. The molecule has 0 bridgehead atoms. The lowest BCUT2D eigenvalue weighted by atomic mass is 10.0. The highest BCUT2D eigenvalue weighted by Gasteiger charge is 2.40. The van der Waals surface area contributed by atoms with Crippen LogP contribution in [0.25, 0.3) is 0 Å². The van der Waals surface area contributed by atoms with Gasteiger partial charge in [0, 0.05) is 49.5 Å². The number of rotatable bonds is 6. The maximum atomic E-state index is 12.5. The Morgan fingerprint density at radius 2 is 1.97 bits per heavy atom. The maximum Gasteiger partial charge on any atom is 0.286 e. The Bertz CT molecular complexity index is 906. The van der Waals surface area contributed by atoms with Gasteiger partial charge in [0.2, 0.25) is 10.9 Å². The highest BCUT2D eigenvalue weighted by molar-refractivity contribution is 7.13. The van der Waals surface area contributed by atoms with Gasteiger partial charge < -0.3 is 19.7 Å². The molecule has 0 radical (unpaired) electrons. The predicted octanol–water partition coefficient (Wildman–Crippen LogP) is 3.13. The summed E-state index contributed by atoms with van der Waals surface area (Å²) in [6.07, 6.45) is 3.16. The Morgan fingerprint density at radius 1 is 1.20 bits per heavy atom. The molecule has 0 atom stereocenters. The number of benzene rings is 1. The van der Waals surface area contributed by atoms with E-state index < -0.39 is 5.79 Å². The van der Waals surface area contributed by atoms with E-state index in [1.54, 1.807) is 24.3 Å². The van der Waals surface area contributed by atoms with Crippen LogP contribution in [0.4, 0.5) is 5.69 Å². The molecule has 8 nitrogen and oxygen atoms in total. The van der Waals surface area contributed by atoms with Crippen molar-refractivity contribution in [2.75, 3.05) is 31.6 Å². The third kappa shape index (κ3) is 5.15. The topological polar surface area (TPSA) is 93.7 Å². The van der Waals surface area contributed by atoms with Crippen molar-refractivity contribution in [3.8, 4) is 0 Å². The Balaban J connectivity index is 1.21. The average molecular weight is 451 g/mol. The van der Waals surface area contributed by atoms with Crippen molar-refractivity contribution in [2.45, 2.75) is 37.9 Å². The quantitative estimate of drug-likeness (QED) is 0.726. The maximum absolute atomic E-state index is 12.5. The van der Waals surface area contributed by atoms with Crippen molar-refractivity contribution < 1.29 is 19.1 Å². The number of hydrogen-bond acceptors (Lipinski definition) is 7. The van der Waals surface area contributed by atoms with Gasteiger partial charge in [-0.3, -0.25) is 9.59 Å². The summed E-state index contributed by atoms with van der Waals surface area (Å²) in [5.74, 6) is -0.659. The fraction of sp³-hybridized carbons (Fsp3) is 0.500. The second-order valence-corrected chi connectivity index (χ2v) is 8.81. The summed E-state index contributed by atoms with van der Waals surface area (Å²) in [6.45, 7) is 2.58. The molecule has 1 aromatic carbocycles. The number of aromatic nitrogens is 2. The van der Waals surface area contributed by atoms with Gasteiger partial charge in [0.15, 0.2) is 5.79 Å². The number of carbonyl (C=O) groups excluding carboxylic acids is 2. The van der Waals surface area contributed by atoms with Crippen molar-refractivity contribution >= 4 is 40.4 Å². The first-order chi connectivity index (χ1) is 14.5. The fourth-order valence-electron chi connectivity index (χ4n) is 3.63. The van der Waals surface area contributed by atoms with E-state index in [0.717, 1.165) is 17.8 Å². The number of nitrogens with zero attached hydrogens (tertiary/aromatic N) is 3. The van der Waals surface area contributed by atoms with Gasteiger partial charge in [-0.1, -0.05) is 29.0 Å². The summed E-state index contributed by atoms with van der Waals surface area (Å²) in [6, 6.07) is 6.92. The number of likely N-dealkylation sites (tertiary alicyclic amines) is 1. The van der Waals surface area contributed by atoms with Gasteiger partial charge in [0.05, 0.1) is 13.2 Å². The molecule has 2 amide bonds. The monoisotopic (exact) mass is 450 g/mol. The first-order valence-electron chi connectivity index (χ1n) is 9.98. The molecule has 160 valence electrons. The molecule has 0 unspecified atom stereocenters. The van der Waals surface area contributed by atoms with Crippen LogP contribution in [0, 0.1) is 0 Å². The molecule has 0 aliphatic carbocycles. The number of nitrogens with one attached hydrogen (secondary N) is 1. The van der Waals surface area contributed by atoms with Crippen LogP contribution in [0.1, 0.15) is 40.5 Å². The lowest BCUT2D eigenvalue weighted by Crippen LogP contribution is -2.47. The van der Waals surface area contributed by atoms with Crippen molar-refractivity contribution in [1.29, 1.82) is 0 Å². The predicted molar refractivity (Wildman–Crippen MR) is 113 cm³/mol. The molecule has 10 heteroatoms. The molecule has 1 N–H and O–H groups in total. The second-order valence-electron chi connectivity index (χ2n) is 7.31. The Hall–Kier alpha value is -2.07. The van der Waals surface area contributed by atoms with Crippen molar-refractivity contribution in [2.24, 2.45) is 0 Å². The van der Waals surface area contributed by atoms with E-state index in [1.807, 2.05) is 4.90 Å². The average Bonchev–Trinajstić information content (AvgIpc) is 3.39. The van der Waals surface area contributed by atoms with Gasteiger partial charge in [0.25, 0.3) is 5.91 Å². The first-order valence-corrected chi connectivity index (χ1v) is 11.2. The molecule has 3 heterocycles. The molecule has 2 aliphatic rings. The Morgan fingerprint density at radius 3 is 2.70 bits per heavy atom. The summed E-state index contributed by atoms with van der Waals surface area (Å²) in [4.78, 5) is 26.7. The molecular weight excluding hydrogens is 428 g/mol. The third-order valence-electron chi connectivity index (χ3n) is 5.22. The van der Waals surface area contributed by atoms with Gasteiger partial charge in [-0.15, -0.1) is 10.2 Å². The molecule has 2 aliphatic heterocycles. The van der Waals surface area contributed by atoms with Crippen LogP contribution in [-0.4, -0.2) is 59.0 Å². The summed E-state index contributed by atoms with van der Waals surface area (Å²) >= 11 is 7.17. The molecule has 1 spiro atoms. The number of halogens is 1. The van der Waals surface area contributed by atoms with Crippen LogP contribution >= 0.6 is 22.9 Å². The zero-order chi connectivity index (χ0) is 21.0. The Kier molecular flexibility index (Phi) is 6.62.